The van der Waals surface area contributed by atoms with Gasteiger partial charge in [-0.25, -0.2) is 0 Å². The van der Waals surface area contributed by atoms with E-state index in [0.29, 0.717) is 45.9 Å². The molecule has 0 aliphatic heterocycles. The third-order valence-electron chi connectivity index (χ3n) is 5.32. The van der Waals surface area contributed by atoms with Gasteiger partial charge >= 0.3 is 5.97 Å². The molecule has 0 aliphatic carbocycles. The van der Waals surface area contributed by atoms with Crippen LogP contribution in [0.25, 0.3) is 22.1 Å². The molecule has 4 aromatic rings. The summed E-state index contributed by atoms with van der Waals surface area (Å²) < 4.78 is 17.7. The van der Waals surface area contributed by atoms with E-state index in [1.165, 1.54) is 11.8 Å². The van der Waals surface area contributed by atoms with E-state index in [4.69, 9.17) is 25.5 Å². The monoisotopic (exact) mass is 540 g/mol. The van der Waals surface area contributed by atoms with Crippen LogP contribution < -0.4 is 14.9 Å². The first-order valence-electron chi connectivity index (χ1n) is 10.9. The Labute approximate surface area is 210 Å². The summed E-state index contributed by atoms with van der Waals surface area (Å²) in [6.45, 7) is 2.48. The van der Waals surface area contributed by atoms with E-state index in [1.54, 1.807) is 42.5 Å². The van der Waals surface area contributed by atoms with Gasteiger partial charge in [0.2, 0.25) is 0 Å². The summed E-state index contributed by atoms with van der Waals surface area (Å²) in [5, 5.41) is 0.991. The van der Waals surface area contributed by atoms with Gasteiger partial charge in [-0.05, 0) is 76.3 Å². The highest BCUT2D eigenvalue weighted by Crippen LogP contribution is 2.27. The van der Waals surface area contributed by atoms with Gasteiger partial charge in [0.15, 0.2) is 5.43 Å². The summed E-state index contributed by atoms with van der Waals surface area (Å²) in [6, 6.07) is 17.7. The van der Waals surface area contributed by atoms with Crippen molar-refractivity contribution in [3.8, 4) is 22.6 Å². The third-order valence-corrected chi connectivity index (χ3v) is 6.19. The van der Waals surface area contributed by atoms with Crippen molar-refractivity contribution in [1.29, 1.82) is 0 Å². The third kappa shape index (κ3) is 5.69. The van der Waals surface area contributed by atoms with Gasteiger partial charge in [-0.15, -0.1) is 0 Å². The first-order chi connectivity index (χ1) is 16.4. The number of rotatable bonds is 8. The topological polar surface area (TPSA) is 65.7 Å². The van der Waals surface area contributed by atoms with E-state index in [0.717, 1.165) is 16.6 Å². The van der Waals surface area contributed by atoms with Crippen molar-refractivity contribution < 1.29 is 18.7 Å². The maximum absolute atomic E-state index is 12.9. The molecule has 4 rings (SSSR count). The molecule has 1 heterocycles. The normalized spacial score (nSPS) is 10.9. The van der Waals surface area contributed by atoms with Crippen molar-refractivity contribution in [2.24, 2.45) is 0 Å². The molecule has 0 fully saturated rings. The fraction of sp³-hybridized carbons (Fsp3) is 0.185. The van der Waals surface area contributed by atoms with E-state index in [1.807, 2.05) is 18.2 Å². The average Bonchev–Trinajstić information content (AvgIpc) is 2.83. The molecule has 3 aromatic carbocycles. The maximum atomic E-state index is 12.9. The van der Waals surface area contributed by atoms with Crippen LogP contribution in [0.4, 0.5) is 0 Å². The Morgan fingerprint density at radius 2 is 1.85 bits per heavy atom. The molecule has 0 aliphatic rings. The van der Waals surface area contributed by atoms with Gasteiger partial charge in [-0.1, -0.05) is 36.7 Å². The van der Waals surface area contributed by atoms with Crippen molar-refractivity contribution >= 4 is 44.5 Å². The zero-order valence-corrected chi connectivity index (χ0v) is 20.8. The van der Waals surface area contributed by atoms with Gasteiger partial charge in [0.05, 0.1) is 22.0 Å². The molecule has 0 N–H and O–H groups in total. The van der Waals surface area contributed by atoms with E-state index < -0.39 is 0 Å². The molecule has 0 saturated carbocycles. The molecule has 5 nitrogen and oxygen atoms in total. The van der Waals surface area contributed by atoms with Crippen LogP contribution in [0.3, 0.4) is 0 Å². The highest BCUT2D eigenvalue weighted by molar-refractivity contribution is 9.10. The Morgan fingerprint density at radius 1 is 1.06 bits per heavy atom. The molecule has 0 saturated heterocycles. The Bertz CT molecular complexity index is 1380. The molecule has 7 heteroatoms. The SMILES string of the molecule is CCc1ccc(OCCCC(=O)Oc2ccc3c(=O)c(-c4ccc(Cl)cc4)coc3c2)c(Br)c1. The lowest BCUT2D eigenvalue weighted by Crippen LogP contribution is -2.10. The maximum Gasteiger partial charge on any atom is 0.311 e. The molecular formula is C27H22BrClO5. The Kier molecular flexibility index (Phi) is 7.70. The van der Waals surface area contributed by atoms with Crippen molar-refractivity contribution in [3.63, 3.8) is 0 Å². The van der Waals surface area contributed by atoms with Gasteiger partial charge in [0.25, 0.3) is 0 Å². The lowest BCUT2D eigenvalue weighted by molar-refractivity contribution is -0.134. The predicted molar refractivity (Wildman–Crippen MR) is 137 cm³/mol. The van der Waals surface area contributed by atoms with Crippen molar-refractivity contribution in [2.45, 2.75) is 26.2 Å². The quantitative estimate of drug-likeness (QED) is 0.134. The van der Waals surface area contributed by atoms with E-state index in [9.17, 15) is 9.59 Å². The van der Waals surface area contributed by atoms with E-state index in [2.05, 4.69) is 22.9 Å². The summed E-state index contributed by atoms with van der Waals surface area (Å²) in [7, 11) is 0. The number of hydrogen-bond acceptors (Lipinski definition) is 5. The number of ether oxygens (including phenoxy) is 2. The molecular weight excluding hydrogens is 520 g/mol. The zero-order chi connectivity index (χ0) is 24.1. The molecule has 0 amide bonds. The average molecular weight is 542 g/mol. The van der Waals surface area contributed by atoms with E-state index >= 15 is 0 Å². The van der Waals surface area contributed by atoms with Crippen LogP contribution in [0, 0.1) is 0 Å². The molecule has 34 heavy (non-hydrogen) atoms. The first kappa shape index (κ1) is 24.0. The summed E-state index contributed by atoms with van der Waals surface area (Å²) in [5.74, 6) is 0.676. The molecule has 1 aromatic heterocycles. The minimum absolute atomic E-state index is 0.170. The number of carbonyl (C=O) groups is 1. The van der Waals surface area contributed by atoms with Gasteiger partial charge in [-0.2, -0.15) is 0 Å². The zero-order valence-electron chi connectivity index (χ0n) is 18.5. The second-order valence-electron chi connectivity index (χ2n) is 7.69. The summed E-state index contributed by atoms with van der Waals surface area (Å²) >= 11 is 9.43. The predicted octanol–water partition coefficient (Wildman–Crippen LogP) is 7.20. The van der Waals surface area contributed by atoms with Gasteiger partial charge in [0.1, 0.15) is 23.3 Å². The van der Waals surface area contributed by atoms with Crippen LogP contribution in [-0.4, -0.2) is 12.6 Å². The standard InChI is InChI=1S/C27H22BrClO5/c1-2-17-5-12-24(23(28)14-17)32-13-3-4-26(30)34-20-10-11-21-25(15-20)33-16-22(27(21)31)18-6-8-19(29)9-7-18/h5-12,14-16H,2-4,13H2,1H3. The number of aryl methyl sites for hydroxylation is 1. The molecule has 174 valence electrons. The fourth-order valence-electron chi connectivity index (χ4n) is 3.46. The largest absolute Gasteiger partial charge is 0.492 e. The number of halogens is 2. The van der Waals surface area contributed by atoms with Crippen molar-refractivity contribution in [2.75, 3.05) is 6.61 Å². The molecule has 0 bridgehead atoms. The molecule has 0 atom stereocenters. The van der Waals surface area contributed by atoms with Crippen LogP contribution in [-0.2, 0) is 11.2 Å². The second-order valence-corrected chi connectivity index (χ2v) is 8.98. The Hall–Kier alpha value is -3.09. The molecule has 0 radical (unpaired) electrons. The molecule has 0 spiro atoms. The summed E-state index contributed by atoms with van der Waals surface area (Å²) in [5.41, 5.74) is 2.54. The summed E-state index contributed by atoms with van der Waals surface area (Å²) in [6.07, 6.45) is 3.06. The van der Waals surface area contributed by atoms with Gasteiger partial charge < -0.3 is 13.9 Å². The van der Waals surface area contributed by atoms with E-state index in [-0.39, 0.29) is 17.8 Å². The number of benzene rings is 3. The minimum Gasteiger partial charge on any atom is -0.492 e. The minimum atomic E-state index is -0.386. The lowest BCUT2D eigenvalue weighted by atomic mass is 10.1. The number of fused-ring (bicyclic) bond motifs is 1. The van der Waals surface area contributed by atoms with Crippen molar-refractivity contribution in [3.05, 3.63) is 92.2 Å². The fourth-order valence-corrected chi connectivity index (χ4v) is 4.13. The number of carbonyl (C=O) groups excluding carboxylic acids is 1. The number of esters is 1. The van der Waals surface area contributed by atoms with Crippen LogP contribution in [0.5, 0.6) is 11.5 Å². The van der Waals surface area contributed by atoms with Crippen LogP contribution in [0.2, 0.25) is 5.02 Å². The van der Waals surface area contributed by atoms with Crippen molar-refractivity contribution in [1.82, 2.24) is 0 Å². The number of hydrogen-bond donors (Lipinski definition) is 0. The van der Waals surface area contributed by atoms with Gasteiger partial charge in [-0.3, -0.25) is 9.59 Å². The Balaban J connectivity index is 1.35. The highest BCUT2D eigenvalue weighted by atomic mass is 79.9. The first-order valence-corrected chi connectivity index (χ1v) is 12.0. The second kappa shape index (κ2) is 10.9. The summed E-state index contributed by atoms with van der Waals surface area (Å²) in [4.78, 5) is 25.1. The molecule has 0 unspecified atom stereocenters. The van der Waals surface area contributed by atoms with Gasteiger partial charge in [0, 0.05) is 17.5 Å². The highest BCUT2D eigenvalue weighted by Gasteiger charge is 2.12. The van der Waals surface area contributed by atoms with Crippen LogP contribution >= 0.6 is 27.5 Å². The lowest BCUT2D eigenvalue weighted by Gasteiger charge is -2.09. The smallest absolute Gasteiger partial charge is 0.311 e. The Morgan fingerprint density at radius 3 is 2.59 bits per heavy atom. The van der Waals surface area contributed by atoms with Crippen LogP contribution in [0.15, 0.2) is 80.6 Å². The van der Waals surface area contributed by atoms with Crippen LogP contribution in [0.1, 0.15) is 25.3 Å².